The van der Waals surface area contributed by atoms with Crippen molar-refractivity contribution in [1.82, 2.24) is 20.3 Å². The molecule has 0 amide bonds. The van der Waals surface area contributed by atoms with E-state index in [0.717, 1.165) is 11.4 Å². The van der Waals surface area contributed by atoms with Gasteiger partial charge in [0.25, 0.3) is 0 Å². The van der Waals surface area contributed by atoms with Crippen LogP contribution in [-0.4, -0.2) is 26.8 Å². The summed E-state index contributed by atoms with van der Waals surface area (Å²) in [6, 6.07) is 0.585. The zero-order valence-electron chi connectivity index (χ0n) is 7.19. The second-order valence-corrected chi connectivity index (χ2v) is 4.24. The molecule has 0 radical (unpaired) electrons. The van der Waals surface area contributed by atoms with Crippen LogP contribution >= 0.6 is 11.8 Å². The molecule has 2 atom stereocenters. The first-order valence-electron chi connectivity index (χ1n) is 3.99. The molecular weight excluding hydrogens is 172 g/mol. The van der Waals surface area contributed by atoms with Gasteiger partial charge in [0.15, 0.2) is 0 Å². The fourth-order valence-corrected chi connectivity index (χ4v) is 2.44. The van der Waals surface area contributed by atoms with E-state index in [1.165, 1.54) is 0 Å². The minimum atomic E-state index is 0.341. The van der Waals surface area contributed by atoms with Gasteiger partial charge in [-0.15, -0.1) is 16.9 Å². The Bertz CT molecular complexity index is 272. The number of hydrogen-bond donors (Lipinski definition) is 1. The third-order valence-electron chi connectivity index (χ3n) is 1.84. The first-order chi connectivity index (χ1) is 5.75. The van der Waals surface area contributed by atoms with Crippen LogP contribution in [0, 0.1) is 0 Å². The van der Waals surface area contributed by atoms with Gasteiger partial charge in [0.1, 0.15) is 5.69 Å². The van der Waals surface area contributed by atoms with Crippen LogP contribution in [0.2, 0.25) is 0 Å². The molecule has 2 unspecified atom stereocenters. The Labute approximate surface area is 75.7 Å². The molecule has 1 aliphatic rings. The molecule has 0 spiro atoms. The summed E-state index contributed by atoms with van der Waals surface area (Å²) in [5.41, 5.74) is 1.03. The second-order valence-electron chi connectivity index (χ2n) is 3.10. The van der Waals surface area contributed by atoms with Crippen molar-refractivity contribution in [1.29, 1.82) is 0 Å². The average molecular weight is 184 g/mol. The van der Waals surface area contributed by atoms with Gasteiger partial charge in [-0.25, -0.2) is 0 Å². The van der Waals surface area contributed by atoms with Gasteiger partial charge < -0.3 is 0 Å². The van der Waals surface area contributed by atoms with Crippen molar-refractivity contribution in [3.05, 3.63) is 11.9 Å². The molecule has 4 nitrogen and oxygen atoms in total. The van der Waals surface area contributed by atoms with Gasteiger partial charge in [0.2, 0.25) is 0 Å². The second kappa shape index (κ2) is 3.06. The molecule has 5 heteroatoms. The summed E-state index contributed by atoms with van der Waals surface area (Å²) in [7, 11) is 1.89. The fourth-order valence-electron chi connectivity index (χ4n) is 1.25. The molecule has 0 aromatic carbocycles. The smallest absolute Gasteiger partial charge is 0.110 e. The van der Waals surface area contributed by atoms with Crippen LogP contribution in [0.25, 0.3) is 0 Å². The highest BCUT2D eigenvalue weighted by molar-refractivity contribution is 7.99. The summed E-state index contributed by atoms with van der Waals surface area (Å²) >= 11 is 1.89. The Morgan fingerprint density at radius 2 is 2.58 bits per heavy atom. The van der Waals surface area contributed by atoms with Crippen LogP contribution in [0.3, 0.4) is 0 Å². The maximum atomic E-state index is 4.06. The normalized spacial score (nSPS) is 29.5. The van der Waals surface area contributed by atoms with Gasteiger partial charge in [0.05, 0.1) is 11.6 Å². The predicted octanol–water partition coefficient (Wildman–Crippen LogP) is 0.539. The highest BCUT2D eigenvalue weighted by Gasteiger charge is 2.24. The lowest BCUT2D eigenvalue weighted by Gasteiger charge is -2.05. The fraction of sp³-hybridized carbons (Fsp3) is 0.714. The van der Waals surface area contributed by atoms with Crippen LogP contribution in [-0.2, 0) is 7.05 Å². The topological polar surface area (TPSA) is 42.7 Å². The summed E-state index contributed by atoms with van der Waals surface area (Å²) in [4.78, 5) is 0. The van der Waals surface area contributed by atoms with E-state index in [4.69, 9.17) is 0 Å². The van der Waals surface area contributed by atoms with Crippen molar-refractivity contribution in [2.75, 3.05) is 5.75 Å². The molecule has 0 saturated carbocycles. The third kappa shape index (κ3) is 1.47. The van der Waals surface area contributed by atoms with E-state index in [1.807, 2.05) is 25.0 Å². The van der Waals surface area contributed by atoms with Crippen molar-refractivity contribution in [2.24, 2.45) is 7.05 Å². The maximum Gasteiger partial charge on any atom is 0.110 e. The molecule has 66 valence electrons. The quantitative estimate of drug-likeness (QED) is 0.691. The van der Waals surface area contributed by atoms with Gasteiger partial charge in [0, 0.05) is 18.8 Å². The summed E-state index contributed by atoms with van der Waals surface area (Å²) in [6.07, 6.45) is 1.96. The predicted molar refractivity (Wildman–Crippen MR) is 48.8 cm³/mol. The molecule has 1 saturated heterocycles. The highest BCUT2D eigenvalue weighted by Crippen LogP contribution is 2.30. The highest BCUT2D eigenvalue weighted by atomic mass is 32.2. The Morgan fingerprint density at radius 3 is 3.08 bits per heavy atom. The number of nitrogens with one attached hydrogen (secondary N) is 1. The SMILES string of the molecule is CC1CSC(c2cn(C)nn2)N1. The van der Waals surface area contributed by atoms with Crippen molar-refractivity contribution in [2.45, 2.75) is 18.3 Å². The first-order valence-corrected chi connectivity index (χ1v) is 5.04. The van der Waals surface area contributed by atoms with Gasteiger partial charge in [-0.1, -0.05) is 5.21 Å². The lowest BCUT2D eigenvalue weighted by Crippen LogP contribution is -2.22. The van der Waals surface area contributed by atoms with Gasteiger partial charge in [-0.05, 0) is 6.92 Å². The monoisotopic (exact) mass is 184 g/mol. The largest absolute Gasteiger partial charge is 0.297 e. The maximum absolute atomic E-state index is 4.06. The summed E-state index contributed by atoms with van der Waals surface area (Å²) in [6.45, 7) is 2.18. The zero-order valence-corrected chi connectivity index (χ0v) is 8.01. The summed E-state index contributed by atoms with van der Waals surface area (Å²) in [5, 5.41) is 11.7. The molecule has 2 rings (SSSR count). The lowest BCUT2D eigenvalue weighted by atomic mass is 10.4. The number of rotatable bonds is 1. The van der Waals surface area contributed by atoms with Crippen molar-refractivity contribution >= 4 is 11.8 Å². The van der Waals surface area contributed by atoms with Crippen molar-refractivity contribution in [3.63, 3.8) is 0 Å². The van der Waals surface area contributed by atoms with Gasteiger partial charge in [-0.2, -0.15) is 0 Å². The lowest BCUT2D eigenvalue weighted by molar-refractivity contribution is 0.608. The molecule has 1 fully saturated rings. The van der Waals surface area contributed by atoms with Crippen LogP contribution in [0.5, 0.6) is 0 Å². The van der Waals surface area contributed by atoms with Crippen molar-refractivity contribution < 1.29 is 0 Å². The Morgan fingerprint density at radius 1 is 1.75 bits per heavy atom. The van der Waals surface area contributed by atoms with Crippen LogP contribution < -0.4 is 5.32 Å². The van der Waals surface area contributed by atoms with E-state index < -0.39 is 0 Å². The minimum Gasteiger partial charge on any atom is -0.297 e. The van der Waals surface area contributed by atoms with Gasteiger partial charge in [-0.3, -0.25) is 10.00 Å². The summed E-state index contributed by atoms with van der Waals surface area (Å²) in [5.74, 6) is 1.15. The van der Waals surface area contributed by atoms with E-state index in [1.54, 1.807) is 4.68 Å². The number of aromatic nitrogens is 3. The van der Waals surface area contributed by atoms with E-state index >= 15 is 0 Å². The third-order valence-corrected chi connectivity index (χ3v) is 3.24. The number of thioether (sulfide) groups is 1. The standard InChI is InChI=1S/C7H12N4S/c1-5-4-12-7(8-5)6-3-11(2)10-9-6/h3,5,7-8H,4H2,1-2H3. The van der Waals surface area contributed by atoms with Crippen LogP contribution in [0.15, 0.2) is 6.20 Å². The molecular formula is C7H12N4S. The molecule has 12 heavy (non-hydrogen) atoms. The number of nitrogens with zero attached hydrogens (tertiary/aromatic N) is 3. The molecule has 1 aromatic heterocycles. The van der Waals surface area contributed by atoms with Crippen molar-refractivity contribution in [3.8, 4) is 0 Å². The zero-order chi connectivity index (χ0) is 8.55. The average Bonchev–Trinajstić information content (AvgIpc) is 2.58. The molecule has 1 aromatic rings. The Hall–Kier alpha value is -0.550. The van der Waals surface area contributed by atoms with E-state index in [-0.39, 0.29) is 0 Å². The molecule has 1 aliphatic heterocycles. The number of hydrogen-bond acceptors (Lipinski definition) is 4. The Kier molecular flexibility index (Phi) is 2.06. The number of aryl methyl sites for hydroxylation is 1. The van der Waals surface area contributed by atoms with Gasteiger partial charge >= 0.3 is 0 Å². The van der Waals surface area contributed by atoms with E-state index in [9.17, 15) is 0 Å². The molecule has 0 aliphatic carbocycles. The summed E-state index contributed by atoms with van der Waals surface area (Å²) < 4.78 is 1.74. The van der Waals surface area contributed by atoms with E-state index in [2.05, 4.69) is 22.6 Å². The molecule has 2 heterocycles. The molecule has 1 N–H and O–H groups in total. The van der Waals surface area contributed by atoms with Crippen LogP contribution in [0.4, 0.5) is 0 Å². The van der Waals surface area contributed by atoms with E-state index in [0.29, 0.717) is 11.4 Å². The first kappa shape index (κ1) is 8.07. The minimum absolute atomic E-state index is 0.341. The van der Waals surface area contributed by atoms with Crippen LogP contribution in [0.1, 0.15) is 18.0 Å². The molecule has 0 bridgehead atoms. The Balaban J connectivity index is 2.11.